The van der Waals surface area contributed by atoms with Gasteiger partial charge in [-0.2, -0.15) is 0 Å². The van der Waals surface area contributed by atoms with E-state index >= 15 is 0 Å². The van der Waals surface area contributed by atoms with Crippen LogP contribution >= 0.6 is 11.8 Å². The molecular formula is C22H25NO4S. The molecule has 0 saturated heterocycles. The monoisotopic (exact) mass is 399 g/mol. The van der Waals surface area contributed by atoms with E-state index in [2.05, 4.69) is 22.9 Å². The summed E-state index contributed by atoms with van der Waals surface area (Å²) in [6, 6.07) is 15.9. The number of rotatable bonds is 8. The Labute approximate surface area is 169 Å². The molecule has 0 fully saturated rings. The number of thioether (sulfide) groups is 1. The Hall–Kier alpha value is -2.60. The second kappa shape index (κ2) is 8.61. The largest absolute Gasteiger partial charge is 0.497 e. The van der Waals surface area contributed by atoms with E-state index in [9.17, 15) is 4.79 Å². The minimum Gasteiger partial charge on any atom is -0.497 e. The number of hydrogen-bond acceptors (Lipinski definition) is 5. The molecule has 0 aliphatic heterocycles. The quantitative estimate of drug-likeness (QED) is 0.403. The SMILES string of the molecule is COC(=O)C(C)(C)Sc1ccc(OCCn2ccc3cc(OC)ccc32)cc1. The summed E-state index contributed by atoms with van der Waals surface area (Å²) in [5.41, 5.74) is 1.15. The van der Waals surface area contributed by atoms with Crippen molar-refractivity contribution in [2.75, 3.05) is 20.8 Å². The van der Waals surface area contributed by atoms with Crippen molar-refractivity contribution in [1.82, 2.24) is 4.57 Å². The van der Waals surface area contributed by atoms with Crippen LogP contribution in [0.4, 0.5) is 0 Å². The number of nitrogens with zero attached hydrogens (tertiary/aromatic N) is 1. The zero-order valence-electron chi connectivity index (χ0n) is 16.6. The molecule has 0 bridgehead atoms. The predicted octanol–water partition coefficient (Wildman–Crippen LogP) is 4.77. The van der Waals surface area contributed by atoms with Crippen molar-refractivity contribution in [3.8, 4) is 11.5 Å². The molecule has 2 aromatic carbocycles. The highest BCUT2D eigenvalue weighted by Gasteiger charge is 2.29. The number of ether oxygens (including phenoxy) is 3. The number of benzene rings is 2. The van der Waals surface area contributed by atoms with E-state index in [0.29, 0.717) is 6.61 Å². The summed E-state index contributed by atoms with van der Waals surface area (Å²) in [6.45, 7) is 5.02. The number of aromatic nitrogens is 1. The Morgan fingerprint density at radius 2 is 1.75 bits per heavy atom. The van der Waals surface area contributed by atoms with Gasteiger partial charge in [-0.3, -0.25) is 4.79 Å². The van der Waals surface area contributed by atoms with Gasteiger partial charge in [-0.15, -0.1) is 11.8 Å². The Balaban J connectivity index is 1.56. The van der Waals surface area contributed by atoms with Crippen molar-refractivity contribution < 1.29 is 19.0 Å². The zero-order chi connectivity index (χ0) is 20.1. The maximum absolute atomic E-state index is 11.8. The van der Waals surface area contributed by atoms with Gasteiger partial charge in [0.15, 0.2) is 0 Å². The topological polar surface area (TPSA) is 49.7 Å². The van der Waals surface area contributed by atoms with E-state index < -0.39 is 4.75 Å². The molecule has 0 saturated carbocycles. The van der Waals surface area contributed by atoms with Crippen molar-refractivity contribution in [2.24, 2.45) is 0 Å². The second-order valence-corrected chi connectivity index (χ2v) is 8.55. The summed E-state index contributed by atoms with van der Waals surface area (Å²) in [4.78, 5) is 12.8. The highest BCUT2D eigenvalue weighted by molar-refractivity contribution is 8.01. The lowest BCUT2D eigenvalue weighted by Gasteiger charge is -2.20. The third kappa shape index (κ3) is 4.62. The van der Waals surface area contributed by atoms with Crippen LogP contribution < -0.4 is 9.47 Å². The Morgan fingerprint density at radius 1 is 1.04 bits per heavy atom. The average molecular weight is 400 g/mol. The van der Waals surface area contributed by atoms with Crippen molar-refractivity contribution in [1.29, 1.82) is 0 Å². The van der Waals surface area contributed by atoms with E-state index in [4.69, 9.17) is 14.2 Å². The summed E-state index contributed by atoms with van der Waals surface area (Å²) in [5.74, 6) is 1.42. The molecule has 0 aliphatic carbocycles. The van der Waals surface area contributed by atoms with Crippen LogP contribution in [-0.2, 0) is 16.1 Å². The van der Waals surface area contributed by atoms with Gasteiger partial charge < -0.3 is 18.8 Å². The van der Waals surface area contributed by atoms with Crippen LogP contribution in [0.25, 0.3) is 10.9 Å². The van der Waals surface area contributed by atoms with E-state index in [0.717, 1.165) is 33.8 Å². The lowest BCUT2D eigenvalue weighted by molar-refractivity contribution is -0.142. The maximum atomic E-state index is 11.8. The van der Waals surface area contributed by atoms with Crippen molar-refractivity contribution >= 4 is 28.6 Å². The molecule has 5 nitrogen and oxygen atoms in total. The third-order valence-corrected chi connectivity index (χ3v) is 5.64. The summed E-state index contributed by atoms with van der Waals surface area (Å²) in [5, 5.41) is 1.15. The molecule has 0 spiro atoms. The van der Waals surface area contributed by atoms with Crippen LogP contribution in [-0.4, -0.2) is 36.1 Å². The average Bonchev–Trinajstić information content (AvgIpc) is 3.10. The highest BCUT2D eigenvalue weighted by atomic mass is 32.2. The van der Waals surface area contributed by atoms with Gasteiger partial charge in [0.2, 0.25) is 0 Å². The first kappa shape index (κ1) is 20.1. The molecule has 28 heavy (non-hydrogen) atoms. The molecule has 0 N–H and O–H groups in total. The van der Waals surface area contributed by atoms with Gasteiger partial charge in [0, 0.05) is 22.0 Å². The molecule has 1 heterocycles. The third-order valence-electron chi connectivity index (χ3n) is 4.45. The fourth-order valence-electron chi connectivity index (χ4n) is 2.95. The van der Waals surface area contributed by atoms with Crippen LogP contribution in [0.3, 0.4) is 0 Å². The lowest BCUT2D eigenvalue weighted by Crippen LogP contribution is -2.28. The molecular weight excluding hydrogens is 374 g/mol. The fourth-order valence-corrected chi connectivity index (χ4v) is 3.98. The Morgan fingerprint density at radius 3 is 2.43 bits per heavy atom. The molecule has 3 rings (SSSR count). The summed E-state index contributed by atoms with van der Waals surface area (Å²) >= 11 is 1.47. The van der Waals surface area contributed by atoms with Crippen LogP contribution in [0.15, 0.2) is 59.6 Å². The van der Waals surface area contributed by atoms with Gasteiger partial charge in [-0.05, 0) is 62.4 Å². The molecule has 0 unspecified atom stereocenters. The minimum atomic E-state index is -0.630. The molecule has 0 aliphatic rings. The summed E-state index contributed by atoms with van der Waals surface area (Å²) < 4.78 is 17.5. The predicted molar refractivity (Wildman–Crippen MR) is 112 cm³/mol. The van der Waals surface area contributed by atoms with Gasteiger partial charge in [0.25, 0.3) is 0 Å². The van der Waals surface area contributed by atoms with Gasteiger partial charge in [-0.25, -0.2) is 0 Å². The van der Waals surface area contributed by atoms with Gasteiger partial charge in [0.1, 0.15) is 22.9 Å². The highest BCUT2D eigenvalue weighted by Crippen LogP contribution is 2.34. The number of carbonyl (C=O) groups excluding carboxylic acids is 1. The van der Waals surface area contributed by atoms with Gasteiger partial charge >= 0.3 is 5.97 Å². The Bertz CT molecular complexity index is 947. The van der Waals surface area contributed by atoms with Crippen LogP contribution in [0.1, 0.15) is 13.8 Å². The maximum Gasteiger partial charge on any atom is 0.321 e. The van der Waals surface area contributed by atoms with Crippen LogP contribution in [0, 0.1) is 0 Å². The lowest BCUT2D eigenvalue weighted by atomic mass is 10.2. The number of hydrogen-bond donors (Lipinski definition) is 0. The normalized spacial score (nSPS) is 11.4. The number of methoxy groups -OCH3 is 2. The first-order chi connectivity index (χ1) is 13.4. The standard InChI is InChI=1S/C22H25NO4S/c1-22(2,21(24)26-4)28-19-8-5-17(6-9-19)27-14-13-23-12-11-16-15-18(25-3)7-10-20(16)23/h5-12,15H,13-14H2,1-4H3. The van der Waals surface area contributed by atoms with Gasteiger partial charge in [-0.1, -0.05) is 0 Å². The molecule has 1 aromatic heterocycles. The molecule has 6 heteroatoms. The summed E-state index contributed by atoms with van der Waals surface area (Å²) in [7, 11) is 3.08. The molecule has 0 atom stereocenters. The smallest absolute Gasteiger partial charge is 0.321 e. The number of carbonyl (C=O) groups is 1. The van der Waals surface area contributed by atoms with E-state index in [-0.39, 0.29) is 5.97 Å². The fraction of sp³-hybridized carbons (Fsp3) is 0.318. The molecule has 148 valence electrons. The number of esters is 1. The van der Waals surface area contributed by atoms with E-state index in [1.54, 1.807) is 7.11 Å². The first-order valence-electron chi connectivity index (χ1n) is 9.06. The van der Waals surface area contributed by atoms with Crippen LogP contribution in [0.2, 0.25) is 0 Å². The summed E-state index contributed by atoms with van der Waals surface area (Å²) in [6.07, 6.45) is 2.06. The van der Waals surface area contributed by atoms with Crippen molar-refractivity contribution in [2.45, 2.75) is 30.0 Å². The first-order valence-corrected chi connectivity index (χ1v) is 9.88. The van der Waals surface area contributed by atoms with Crippen molar-refractivity contribution in [3.63, 3.8) is 0 Å². The zero-order valence-corrected chi connectivity index (χ0v) is 17.4. The van der Waals surface area contributed by atoms with E-state index in [1.165, 1.54) is 18.9 Å². The van der Waals surface area contributed by atoms with E-state index in [1.807, 2.05) is 50.2 Å². The number of fused-ring (bicyclic) bond motifs is 1. The van der Waals surface area contributed by atoms with Crippen molar-refractivity contribution in [3.05, 3.63) is 54.7 Å². The molecule has 0 radical (unpaired) electrons. The Kier molecular flexibility index (Phi) is 6.19. The molecule has 3 aromatic rings. The molecule has 0 amide bonds. The van der Waals surface area contributed by atoms with Gasteiger partial charge in [0.05, 0.1) is 20.8 Å². The van der Waals surface area contributed by atoms with Crippen LogP contribution in [0.5, 0.6) is 11.5 Å². The second-order valence-electron chi connectivity index (χ2n) is 6.86. The minimum absolute atomic E-state index is 0.241.